The standard InChI is InChI=1S/C12H7ClF3N7/c13-6-1-3-7(4-2-6)23-10(20-21-22-23)8-5-18-11(17)19-9(8)12(14,15)16/h1-5H,(H2,17,18,19). The molecule has 1 aromatic carbocycles. The lowest BCUT2D eigenvalue weighted by Gasteiger charge is -2.11. The summed E-state index contributed by atoms with van der Waals surface area (Å²) >= 11 is 5.79. The SMILES string of the molecule is Nc1ncc(-c2nnnn2-c2ccc(Cl)cc2)c(C(F)(F)F)n1. The number of hydrogen-bond donors (Lipinski definition) is 1. The van der Waals surface area contributed by atoms with E-state index in [1.807, 2.05) is 0 Å². The Bertz CT molecular complexity index is 845. The smallest absolute Gasteiger partial charge is 0.368 e. The van der Waals surface area contributed by atoms with Crippen LogP contribution in [0.25, 0.3) is 17.1 Å². The second-order valence-electron chi connectivity index (χ2n) is 4.38. The molecule has 0 fully saturated rings. The lowest BCUT2D eigenvalue weighted by molar-refractivity contribution is -0.140. The molecule has 0 bridgehead atoms. The van der Waals surface area contributed by atoms with Gasteiger partial charge in [-0.2, -0.15) is 17.9 Å². The third-order valence-corrected chi connectivity index (χ3v) is 3.11. The zero-order chi connectivity index (χ0) is 16.6. The average molecular weight is 342 g/mol. The highest BCUT2D eigenvalue weighted by molar-refractivity contribution is 6.30. The maximum Gasteiger partial charge on any atom is 0.434 e. The molecule has 2 heterocycles. The van der Waals surface area contributed by atoms with Gasteiger partial charge in [-0.25, -0.2) is 9.97 Å². The zero-order valence-corrected chi connectivity index (χ0v) is 11.9. The summed E-state index contributed by atoms with van der Waals surface area (Å²) < 4.78 is 40.6. The number of halogens is 4. The Morgan fingerprint density at radius 1 is 1.13 bits per heavy atom. The van der Waals surface area contributed by atoms with Crippen molar-refractivity contribution in [3.05, 3.63) is 41.2 Å². The quantitative estimate of drug-likeness (QED) is 0.768. The molecular formula is C12H7ClF3N7. The number of aromatic nitrogens is 6. The van der Waals surface area contributed by atoms with Crippen molar-refractivity contribution in [2.45, 2.75) is 6.18 Å². The van der Waals surface area contributed by atoms with Gasteiger partial charge in [-0.05, 0) is 34.7 Å². The minimum atomic E-state index is -4.73. The number of hydrogen-bond acceptors (Lipinski definition) is 6. The lowest BCUT2D eigenvalue weighted by Crippen LogP contribution is -2.14. The molecule has 0 amide bonds. The van der Waals surface area contributed by atoms with Crippen molar-refractivity contribution in [2.75, 3.05) is 5.73 Å². The molecule has 7 nitrogen and oxygen atoms in total. The minimum absolute atomic E-state index is 0.167. The van der Waals surface area contributed by atoms with Gasteiger partial charge >= 0.3 is 6.18 Å². The van der Waals surface area contributed by atoms with Crippen molar-refractivity contribution in [2.24, 2.45) is 0 Å². The van der Waals surface area contributed by atoms with E-state index in [1.165, 1.54) is 0 Å². The number of nitrogens with two attached hydrogens (primary N) is 1. The fraction of sp³-hybridized carbons (Fsp3) is 0.0833. The van der Waals surface area contributed by atoms with E-state index < -0.39 is 17.8 Å². The first-order valence-corrected chi connectivity index (χ1v) is 6.48. The van der Waals surface area contributed by atoms with Crippen LogP contribution in [-0.4, -0.2) is 30.2 Å². The molecule has 2 aromatic heterocycles. The molecule has 0 radical (unpaired) electrons. The number of anilines is 1. The Morgan fingerprint density at radius 2 is 1.83 bits per heavy atom. The number of rotatable bonds is 2. The molecule has 0 aliphatic rings. The van der Waals surface area contributed by atoms with Gasteiger partial charge < -0.3 is 5.73 Å². The van der Waals surface area contributed by atoms with Crippen molar-refractivity contribution in [3.8, 4) is 17.1 Å². The first-order valence-electron chi connectivity index (χ1n) is 6.10. The van der Waals surface area contributed by atoms with Gasteiger partial charge in [0.15, 0.2) is 11.5 Å². The van der Waals surface area contributed by atoms with Crippen LogP contribution in [0, 0.1) is 0 Å². The first kappa shape index (κ1) is 15.2. The van der Waals surface area contributed by atoms with Gasteiger partial charge in [-0.3, -0.25) is 0 Å². The number of alkyl halides is 3. The monoisotopic (exact) mass is 341 g/mol. The van der Waals surface area contributed by atoms with Crippen LogP contribution in [0.1, 0.15) is 5.69 Å². The largest absolute Gasteiger partial charge is 0.434 e. The van der Waals surface area contributed by atoms with E-state index in [4.69, 9.17) is 17.3 Å². The summed E-state index contributed by atoms with van der Waals surface area (Å²) in [4.78, 5) is 6.86. The van der Waals surface area contributed by atoms with Gasteiger partial charge in [0.05, 0.1) is 11.3 Å². The summed E-state index contributed by atoms with van der Waals surface area (Å²) in [5.74, 6) is -0.661. The number of nitrogens with zero attached hydrogens (tertiary/aromatic N) is 6. The third kappa shape index (κ3) is 2.93. The van der Waals surface area contributed by atoms with Gasteiger partial charge in [0.2, 0.25) is 5.95 Å². The summed E-state index contributed by atoms with van der Waals surface area (Å²) in [5, 5.41) is 11.2. The Balaban J connectivity index is 2.18. The molecule has 2 N–H and O–H groups in total. The number of benzene rings is 1. The molecule has 0 saturated carbocycles. The third-order valence-electron chi connectivity index (χ3n) is 2.86. The molecule has 23 heavy (non-hydrogen) atoms. The Morgan fingerprint density at radius 3 is 2.48 bits per heavy atom. The van der Waals surface area contributed by atoms with Crippen LogP contribution in [-0.2, 0) is 6.18 Å². The number of tetrazole rings is 1. The van der Waals surface area contributed by atoms with Crippen LogP contribution in [0.15, 0.2) is 30.5 Å². The molecule has 0 atom stereocenters. The van der Waals surface area contributed by atoms with Crippen molar-refractivity contribution < 1.29 is 13.2 Å². The van der Waals surface area contributed by atoms with E-state index >= 15 is 0 Å². The van der Waals surface area contributed by atoms with Crippen molar-refractivity contribution in [1.82, 2.24) is 30.2 Å². The normalized spacial score (nSPS) is 11.7. The van der Waals surface area contributed by atoms with E-state index in [2.05, 4.69) is 25.5 Å². The molecular weight excluding hydrogens is 335 g/mol. The fourth-order valence-electron chi connectivity index (χ4n) is 1.89. The molecule has 11 heteroatoms. The molecule has 3 rings (SSSR count). The van der Waals surface area contributed by atoms with Crippen molar-refractivity contribution in [1.29, 1.82) is 0 Å². The molecule has 0 saturated heterocycles. The highest BCUT2D eigenvalue weighted by Crippen LogP contribution is 2.35. The van der Waals surface area contributed by atoms with Crippen LogP contribution in [0.2, 0.25) is 5.02 Å². The van der Waals surface area contributed by atoms with E-state index in [1.54, 1.807) is 24.3 Å². The van der Waals surface area contributed by atoms with Crippen LogP contribution in [0.3, 0.4) is 0 Å². The second kappa shape index (κ2) is 5.47. The number of nitrogen functional groups attached to an aromatic ring is 1. The van der Waals surface area contributed by atoms with Gasteiger partial charge in [0.25, 0.3) is 0 Å². The Labute approximate surface area is 131 Å². The highest BCUT2D eigenvalue weighted by Gasteiger charge is 2.38. The predicted molar refractivity (Wildman–Crippen MR) is 74.6 cm³/mol. The highest BCUT2D eigenvalue weighted by atomic mass is 35.5. The van der Waals surface area contributed by atoms with Gasteiger partial charge in [-0.15, -0.1) is 5.10 Å². The van der Waals surface area contributed by atoms with E-state index in [0.717, 1.165) is 10.9 Å². The topological polar surface area (TPSA) is 95.4 Å². The fourth-order valence-corrected chi connectivity index (χ4v) is 2.01. The van der Waals surface area contributed by atoms with Crippen LogP contribution in [0.5, 0.6) is 0 Å². The Kier molecular flexibility index (Phi) is 3.60. The maximum absolute atomic E-state index is 13.2. The zero-order valence-electron chi connectivity index (χ0n) is 11.2. The summed E-state index contributed by atoms with van der Waals surface area (Å²) in [6.45, 7) is 0. The summed E-state index contributed by atoms with van der Waals surface area (Å²) in [6.07, 6.45) is -3.80. The molecule has 118 valence electrons. The second-order valence-corrected chi connectivity index (χ2v) is 4.82. The maximum atomic E-state index is 13.2. The molecule has 0 unspecified atom stereocenters. The van der Waals surface area contributed by atoms with Crippen LogP contribution < -0.4 is 5.73 Å². The van der Waals surface area contributed by atoms with Crippen molar-refractivity contribution >= 4 is 17.5 Å². The first-order chi connectivity index (χ1) is 10.9. The van der Waals surface area contributed by atoms with Crippen molar-refractivity contribution in [3.63, 3.8) is 0 Å². The van der Waals surface area contributed by atoms with E-state index in [0.29, 0.717) is 10.7 Å². The summed E-state index contributed by atoms with van der Waals surface area (Å²) in [7, 11) is 0. The minimum Gasteiger partial charge on any atom is -0.368 e. The van der Waals surface area contributed by atoms with Gasteiger partial charge in [0, 0.05) is 11.2 Å². The van der Waals surface area contributed by atoms with Gasteiger partial charge in [-0.1, -0.05) is 11.6 Å². The molecule has 0 aliphatic carbocycles. The summed E-state index contributed by atoms with van der Waals surface area (Å²) in [5.41, 5.74) is 4.08. The molecule has 3 aromatic rings. The lowest BCUT2D eigenvalue weighted by atomic mass is 10.2. The van der Waals surface area contributed by atoms with E-state index in [-0.39, 0.29) is 11.4 Å². The Hall–Kier alpha value is -2.75. The molecule has 0 spiro atoms. The summed E-state index contributed by atoms with van der Waals surface area (Å²) in [6, 6.07) is 6.25. The van der Waals surface area contributed by atoms with Crippen LogP contribution in [0.4, 0.5) is 19.1 Å². The van der Waals surface area contributed by atoms with E-state index in [9.17, 15) is 13.2 Å². The average Bonchev–Trinajstić information content (AvgIpc) is 2.96. The predicted octanol–water partition coefficient (Wildman–Crippen LogP) is 2.37. The van der Waals surface area contributed by atoms with Gasteiger partial charge in [0.1, 0.15) is 0 Å². The van der Waals surface area contributed by atoms with Crippen LogP contribution >= 0.6 is 11.6 Å². The molecule has 0 aliphatic heterocycles.